The third-order valence-corrected chi connectivity index (χ3v) is 7.99. The number of aryl methyl sites for hydroxylation is 1. The highest BCUT2D eigenvalue weighted by atomic mass is 32.2. The normalized spacial score (nSPS) is 11.6. The zero-order chi connectivity index (χ0) is 32.8. The Morgan fingerprint density at radius 3 is 2.07 bits per heavy atom. The van der Waals surface area contributed by atoms with Crippen molar-refractivity contribution in [2.45, 2.75) is 50.9 Å². The molecule has 0 atom stereocenters. The van der Waals surface area contributed by atoms with Gasteiger partial charge in [0.2, 0.25) is 11.8 Å². The molecule has 0 bridgehead atoms. The highest BCUT2D eigenvalue weighted by molar-refractivity contribution is 7.90. The van der Waals surface area contributed by atoms with Gasteiger partial charge in [-0.3, -0.25) is 15.0 Å². The summed E-state index contributed by atoms with van der Waals surface area (Å²) < 4.78 is 69.1. The van der Waals surface area contributed by atoms with Crippen LogP contribution in [0.2, 0.25) is 0 Å². The van der Waals surface area contributed by atoms with Crippen molar-refractivity contribution in [3.8, 4) is 16.9 Å². The molecule has 0 radical (unpaired) electrons. The molecule has 3 aromatic carbocycles. The Hall–Kier alpha value is -4.98. The van der Waals surface area contributed by atoms with Crippen LogP contribution in [-0.4, -0.2) is 35.8 Å². The van der Waals surface area contributed by atoms with Gasteiger partial charge in [0.1, 0.15) is 0 Å². The molecule has 0 unspecified atom stereocenters. The minimum absolute atomic E-state index is 0.159. The number of halogens is 3. The number of benzene rings is 3. The lowest BCUT2D eigenvalue weighted by molar-refractivity contribution is -0.141. The number of amidine groups is 1. The van der Waals surface area contributed by atoms with Crippen molar-refractivity contribution >= 4 is 27.7 Å². The lowest BCUT2D eigenvalue weighted by atomic mass is 10.1. The zero-order valence-corrected chi connectivity index (χ0v) is 25.2. The summed E-state index contributed by atoms with van der Waals surface area (Å²) in [6, 6.07) is 20.0. The van der Waals surface area contributed by atoms with E-state index in [-0.39, 0.29) is 35.7 Å². The molecule has 0 aliphatic carbocycles. The maximum absolute atomic E-state index is 13.5. The second kappa shape index (κ2) is 13.8. The lowest BCUT2D eigenvalue weighted by Gasteiger charge is -2.11. The van der Waals surface area contributed by atoms with Crippen molar-refractivity contribution in [3.63, 3.8) is 0 Å². The molecule has 14 heteroatoms. The number of carbonyl (C=O) groups excluding carboxylic acids is 2. The number of nitrogens with one attached hydrogen (secondary N) is 4. The molecular weight excluding hydrogens is 609 g/mol. The number of amides is 2. The average Bonchev–Trinajstić information content (AvgIpc) is 3.45. The van der Waals surface area contributed by atoms with Gasteiger partial charge in [-0.05, 0) is 55.3 Å². The van der Waals surface area contributed by atoms with Crippen LogP contribution in [0.5, 0.6) is 0 Å². The van der Waals surface area contributed by atoms with Crippen LogP contribution in [0.1, 0.15) is 42.1 Å². The molecular formula is C31H31F3N6O4S. The van der Waals surface area contributed by atoms with E-state index in [0.717, 1.165) is 39.6 Å². The van der Waals surface area contributed by atoms with Gasteiger partial charge in [-0.1, -0.05) is 54.1 Å². The van der Waals surface area contributed by atoms with E-state index >= 15 is 0 Å². The van der Waals surface area contributed by atoms with Crippen LogP contribution in [0.3, 0.4) is 0 Å². The minimum Gasteiger partial charge on any atom is -0.370 e. The fourth-order valence-electron chi connectivity index (χ4n) is 4.27. The molecule has 45 heavy (non-hydrogen) atoms. The van der Waals surface area contributed by atoms with Crippen molar-refractivity contribution in [1.29, 1.82) is 5.41 Å². The van der Waals surface area contributed by atoms with E-state index in [0.29, 0.717) is 17.9 Å². The first kappa shape index (κ1) is 32.9. The number of nitrogens with zero attached hydrogens (tertiary/aromatic N) is 2. The van der Waals surface area contributed by atoms with E-state index < -0.39 is 33.7 Å². The fraction of sp³-hybridized carbons (Fsp3) is 0.226. The number of alkyl halides is 3. The topological polar surface area (TPSA) is 146 Å². The van der Waals surface area contributed by atoms with Gasteiger partial charge in [-0.25, -0.2) is 17.8 Å². The number of hydrogen-bond acceptors (Lipinski definition) is 6. The third-order valence-electron chi connectivity index (χ3n) is 6.60. The molecule has 0 aliphatic heterocycles. The van der Waals surface area contributed by atoms with Crippen LogP contribution >= 0.6 is 0 Å². The quantitative estimate of drug-likeness (QED) is 0.136. The maximum Gasteiger partial charge on any atom is 0.435 e. The maximum atomic E-state index is 13.5. The van der Waals surface area contributed by atoms with Crippen molar-refractivity contribution in [1.82, 2.24) is 25.1 Å². The van der Waals surface area contributed by atoms with Gasteiger partial charge >= 0.3 is 6.18 Å². The van der Waals surface area contributed by atoms with Crippen molar-refractivity contribution in [2.75, 3.05) is 0 Å². The Balaban J connectivity index is 1.37. The van der Waals surface area contributed by atoms with Crippen LogP contribution < -0.4 is 15.4 Å². The monoisotopic (exact) mass is 640 g/mol. The van der Waals surface area contributed by atoms with Gasteiger partial charge in [-0.15, -0.1) is 0 Å². The summed E-state index contributed by atoms with van der Waals surface area (Å²) in [4.78, 5) is 24.4. The van der Waals surface area contributed by atoms with Crippen LogP contribution in [0, 0.1) is 12.3 Å². The molecule has 2 amide bonds. The van der Waals surface area contributed by atoms with Gasteiger partial charge in [0.15, 0.2) is 5.69 Å². The molecule has 0 spiro atoms. The van der Waals surface area contributed by atoms with Crippen molar-refractivity contribution in [2.24, 2.45) is 0 Å². The number of aromatic nitrogens is 2. The van der Waals surface area contributed by atoms with Crippen LogP contribution in [0.4, 0.5) is 13.2 Å². The van der Waals surface area contributed by atoms with Gasteiger partial charge in [0, 0.05) is 31.5 Å². The molecule has 4 N–H and O–H groups in total. The Bertz CT molecular complexity index is 1800. The number of sulfonamides is 1. The van der Waals surface area contributed by atoms with E-state index in [9.17, 15) is 31.2 Å². The molecule has 1 heterocycles. The number of hydrogen-bond donors (Lipinski definition) is 4. The molecule has 4 rings (SSSR count). The third kappa shape index (κ3) is 9.01. The molecule has 236 valence electrons. The highest BCUT2D eigenvalue weighted by Crippen LogP contribution is 2.33. The Morgan fingerprint density at radius 1 is 0.867 bits per heavy atom. The molecule has 0 fully saturated rings. The molecule has 4 aromatic rings. The van der Waals surface area contributed by atoms with E-state index in [1.54, 1.807) is 31.2 Å². The average molecular weight is 641 g/mol. The summed E-state index contributed by atoms with van der Waals surface area (Å²) in [5.74, 6) is -1.02. The van der Waals surface area contributed by atoms with Gasteiger partial charge in [0.25, 0.3) is 10.0 Å². The summed E-state index contributed by atoms with van der Waals surface area (Å²) in [7, 11) is -4.33. The smallest absolute Gasteiger partial charge is 0.370 e. The molecule has 1 aromatic heterocycles. The first-order chi connectivity index (χ1) is 21.2. The van der Waals surface area contributed by atoms with E-state index in [4.69, 9.17) is 5.41 Å². The number of carbonyl (C=O) groups is 2. The van der Waals surface area contributed by atoms with Gasteiger partial charge < -0.3 is 10.6 Å². The standard InChI is InChI=1S/C31H31F3N6O4S/c1-20-6-8-24(9-7-20)27-17-28(31(32,33)34)38-40(27)25-10-12-26(13-11-25)45(43,44)39-30(42)15-14-29(41)37-19-23-5-3-4-22(16-23)18-36-21(2)35/h3-13,16-17H,14-15,18-19H2,1-2H3,(H2,35,36)(H,37,41)(H,39,42). The summed E-state index contributed by atoms with van der Waals surface area (Å²) in [5.41, 5.74) is 2.37. The molecule has 0 aliphatic rings. The summed E-state index contributed by atoms with van der Waals surface area (Å²) >= 11 is 0. The Labute approximate surface area is 258 Å². The summed E-state index contributed by atoms with van der Waals surface area (Å²) in [5, 5.41) is 16.7. The Morgan fingerprint density at radius 2 is 1.47 bits per heavy atom. The SMILES string of the molecule is CC(=N)NCc1cccc(CNC(=O)CCC(=O)NS(=O)(=O)c2ccc(-n3nc(C(F)(F)F)cc3-c3ccc(C)cc3)cc2)c1. The zero-order valence-electron chi connectivity index (χ0n) is 24.4. The first-order valence-corrected chi connectivity index (χ1v) is 15.2. The van der Waals surface area contributed by atoms with E-state index in [2.05, 4.69) is 15.7 Å². The van der Waals surface area contributed by atoms with Crippen molar-refractivity contribution < 1.29 is 31.2 Å². The van der Waals surface area contributed by atoms with Crippen LogP contribution in [-0.2, 0) is 38.9 Å². The van der Waals surface area contributed by atoms with Gasteiger partial charge in [0.05, 0.1) is 22.1 Å². The second-order valence-electron chi connectivity index (χ2n) is 10.3. The van der Waals surface area contributed by atoms with Crippen LogP contribution in [0.25, 0.3) is 16.9 Å². The molecule has 0 saturated carbocycles. The predicted molar refractivity (Wildman–Crippen MR) is 162 cm³/mol. The summed E-state index contributed by atoms with van der Waals surface area (Å²) in [6.07, 6.45) is -5.34. The summed E-state index contributed by atoms with van der Waals surface area (Å²) in [6.45, 7) is 4.14. The van der Waals surface area contributed by atoms with E-state index in [1.807, 2.05) is 35.9 Å². The Kier molecular flexibility index (Phi) is 10.1. The van der Waals surface area contributed by atoms with Crippen molar-refractivity contribution in [3.05, 3.63) is 101 Å². The predicted octanol–water partition coefficient (Wildman–Crippen LogP) is 4.85. The largest absolute Gasteiger partial charge is 0.435 e. The minimum atomic E-state index is -4.70. The lowest BCUT2D eigenvalue weighted by Crippen LogP contribution is -2.32. The first-order valence-electron chi connectivity index (χ1n) is 13.8. The van der Waals surface area contributed by atoms with Gasteiger partial charge in [-0.2, -0.15) is 18.3 Å². The fourth-order valence-corrected chi connectivity index (χ4v) is 5.29. The number of rotatable bonds is 11. The van der Waals surface area contributed by atoms with E-state index in [1.165, 1.54) is 12.1 Å². The molecule has 0 saturated heterocycles. The highest BCUT2D eigenvalue weighted by Gasteiger charge is 2.35. The van der Waals surface area contributed by atoms with Crippen LogP contribution in [0.15, 0.2) is 83.8 Å². The second-order valence-corrected chi connectivity index (χ2v) is 12.0. The molecule has 10 nitrogen and oxygen atoms in total.